The first kappa shape index (κ1) is 16.6. The fraction of sp³-hybridized carbons (Fsp3) is 0.500. The van der Waals surface area contributed by atoms with Crippen LogP contribution in [0.4, 0.5) is 0 Å². The minimum atomic E-state index is -0.285. The van der Waals surface area contributed by atoms with E-state index < -0.39 is 0 Å². The lowest BCUT2D eigenvalue weighted by Gasteiger charge is -2.31. The van der Waals surface area contributed by atoms with Crippen molar-refractivity contribution in [3.8, 4) is 0 Å². The smallest absolute Gasteiger partial charge is 0.310 e. The van der Waals surface area contributed by atoms with E-state index >= 15 is 0 Å². The van der Waals surface area contributed by atoms with Gasteiger partial charge in [-0.15, -0.1) is 11.3 Å². The summed E-state index contributed by atoms with van der Waals surface area (Å²) in [5, 5.41) is 6.68. The Hall–Kier alpha value is -2.22. The number of amides is 1. The van der Waals surface area contributed by atoms with Gasteiger partial charge in [0, 0.05) is 18.5 Å². The number of carbonyl (C=O) groups excluding carboxylic acids is 2. The first-order valence-electron chi connectivity index (χ1n) is 7.98. The molecule has 8 heteroatoms. The predicted molar refractivity (Wildman–Crippen MR) is 89.8 cm³/mol. The van der Waals surface area contributed by atoms with Gasteiger partial charge in [0.25, 0.3) is 5.56 Å². The minimum Gasteiger partial charge on any atom is -0.466 e. The number of hydrogen-bond donors (Lipinski definition) is 0. The fourth-order valence-corrected chi connectivity index (χ4v) is 3.71. The second kappa shape index (κ2) is 7.12. The summed E-state index contributed by atoms with van der Waals surface area (Å²) in [6, 6.07) is 1.83. The number of likely N-dealkylation sites (tertiary alicyclic amines) is 1. The van der Waals surface area contributed by atoms with Crippen LogP contribution in [0.25, 0.3) is 10.1 Å². The number of carbonyl (C=O) groups is 2. The Morgan fingerprint density at radius 2 is 2.29 bits per heavy atom. The molecule has 0 bridgehead atoms. The van der Waals surface area contributed by atoms with Crippen LogP contribution in [0.3, 0.4) is 0 Å². The van der Waals surface area contributed by atoms with E-state index in [1.165, 1.54) is 16.0 Å². The molecule has 128 valence electrons. The Kier molecular flexibility index (Phi) is 4.94. The van der Waals surface area contributed by atoms with Gasteiger partial charge in [0.05, 0.1) is 18.7 Å². The summed E-state index contributed by atoms with van der Waals surface area (Å²) in [5.41, 5.74) is -0.255. The third-order valence-electron chi connectivity index (χ3n) is 4.14. The summed E-state index contributed by atoms with van der Waals surface area (Å²) in [5.74, 6) is -0.744. The van der Waals surface area contributed by atoms with Gasteiger partial charge in [-0.2, -0.15) is 5.10 Å². The molecule has 1 aliphatic heterocycles. The zero-order valence-electron chi connectivity index (χ0n) is 13.4. The molecule has 7 nitrogen and oxygen atoms in total. The van der Waals surface area contributed by atoms with Gasteiger partial charge in [0.15, 0.2) is 0 Å². The highest BCUT2D eigenvalue weighted by Crippen LogP contribution is 2.18. The van der Waals surface area contributed by atoms with Crippen molar-refractivity contribution in [3.63, 3.8) is 0 Å². The number of ether oxygens (including phenoxy) is 1. The second-order valence-electron chi connectivity index (χ2n) is 5.74. The number of aromatic nitrogens is 2. The number of fused-ring (bicyclic) bond motifs is 1. The minimum absolute atomic E-state index is 0.109. The molecule has 0 saturated carbocycles. The molecular formula is C16H19N3O4S. The molecular weight excluding hydrogens is 330 g/mol. The molecule has 1 amide bonds. The van der Waals surface area contributed by atoms with Gasteiger partial charge in [0.2, 0.25) is 5.91 Å². The van der Waals surface area contributed by atoms with Crippen molar-refractivity contribution in [2.24, 2.45) is 5.92 Å². The summed E-state index contributed by atoms with van der Waals surface area (Å²) < 4.78 is 6.83. The molecule has 0 radical (unpaired) electrons. The van der Waals surface area contributed by atoms with Gasteiger partial charge in [0.1, 0.15) is 11.2 Å². The highest BCUT2D eigenvalue weighted by atomic mass is 32.1. The molecule has 0 N–H and O–H groups in total. The summed E-state index contributed by atoms with van der Waals surface area (Å²) in [4.78, 5) is 38.3. The van der Waals surface area contributed by atoms with E-state index in [1.54, 1.807) is 18.0 Å². The molecule has 3 rings (SSSR count). The zero-order valence-corrected chi connectivity index (χ0v) is 14.3. The summed E-state index contributed by atoms with van der Waals surface area (Å²) in [6.45, 7) is 2.92. The Morgan fingerprint density at radius 1 is 1.46 bits per heavy atom. The Labute approximate surface area is 142 Å². The fourth-order valence-electron chi connectivity index (χ4n) is 2.89. The molecule has 1 saturated heterocycles. The van der Waals surface area contributed by atoms with Crippen molar-refractivity contribution in [2.45, 2.75) is 26.3 Å². The van der Waals surface area contributed by atoms with E-state index in [0.29, 0.717) is 24.4 Å². The van der Waals surface area contributed by atoms with Crippen LogP contribution >= 0.6 is 11.3 Å². The van der Waals surface area contributed by atoms with Crippen molar-refractivity contribution >= 4 is 33.3 Å². The number of nitrogens with zero attached hydrogens (tertiary/aromatic N) is 3. The maximum absolute atomic E-state index is 12.5. The summed E-state index contributed by atoms with van der Waals surface area (Å²) in [7, 11) is 0. The Bertz CT molecular complexity index is 813. The highest BCUT2D eigenvalue weighted by molar-refractivity contribution is 7.17. The Balaban J connectivity index is 1.70. The monoisotopic (exact) mass is 349 g/mol. The summed E-state index contributed by atoms with van der Waals surface area (Å²) in [6.07, 6.45) is 3.07. The topological polar surface area (TPSA) is 81.5 Å². The third kappa shape index (κ3) is 3.33. The van der Waals surface area contributed by atoms with Gasteiger partial charge >= 0.3 is 5.97 Å². The van der Waals surface area contributed by atoms with Crippen molar-refractivity contribution < 1.29 is 14.3 Å². The maximum Gasteiger partial charge on any atom is 0.310 e. The van der Waals surface area contributed by atoms with E-state index in [2.05, 4.69) is 5.10 Å². The lowest BCUT2D eigenvalue weighted by atomic mass is 9.98. The third-order valence-corrected chi connectivity index (χ3v) is 5.06. The Morgan fingerprint density at radius 3 is 3.08 bits per heavy atom. The average molecular weight is 349 g/mol. The van der Waals surface area contributed by atoms with Gasteiger partial charge in [-0.05, 0) is 31.2 Å². The molecule has 0 aliphatic carbocycles. The lowest BCUT2D eigenvalue weighted by Crippen LogP contribution is -2.45. The largest absolute Gasteiger partial charge is 0.466 e. The zero-order chi connectivity index (χ0) is 17.1. The standard InChI is InChI=1S/C16H19N3O4S/c1-2-23-16(22)12-4-3-6-18(9-12)13(20)10-19-15(21)14-11(8-17-19)5-7-24-14/h5,7-8,12H,2-4,6,9-10H2,1H3/t12-/m0/s1. The molecule has 3 heterocycles. The maximum atomic E-state index is 12.5. The highest BCUT2D eigenvalue weighted by Gasteiger charge is 2.29. The predicted octanol–water partition coefficient (Wildman–Crippen LogP) is 1.26. The number of esters is 1. The number of hydrogen-bond acceptors (Lipinski definition) is 6. The molecule has 0 spiro atoms. The van der Waals surface area contributed by atoms with Gasteiger partial charge < -0.3 is 9.64 Å². The molecule has 2 aromatic heterocycles. The van der Waals surface area contributed by atoms with Gasteiger partial charge in [-0.25, -0.2) is 4.68 Å². The van der Waals surface area contributed by atoms with E-state index in [9.17, 15) is 14.4 Å². The van der Waals surface area contributed by atoms with E-state index in [-0.39, 0.29) is 29.9 Å². The van der Waals surface area contributed by atoms with Crippen LogP contribution in [0.2, 0.25) is 0 Å². The van der Waals surface area contributed by atoms with Gasteiger partial charge in [-0.1, -0.05) is 0 Å². The normalized spacial score (nSPS) is 17.9. The first-order chi connectivity index (χ1) is 11.6. The van der Waals surface area contributed by atoms with Crippen LogP contribution in [0.5, 0.6) is 0 Å². The second-order valence-corrected chi connectivity index (χ2v) is 6.66. The van der Waals surface area contributed by atoms with Crippen LogP contribution in [-0.2, 0) is 20.9 Å². The number of thiophene rings is 1. The van der Waals surface area contributed by atoms with Crippen LogP contribution < -0.4 is 5.56 Å². The van der Waals surface area contributed by atoms with E-state index in [4.69, 9.17) is 4.74 Å². The average Bonchev–Trinajstić information content (AvgIpc) is 3.07. The SMILES string of the molecule is CCOC(=O)[C@H]1CCCN(C(=O)Cn2ncc3ccsc3c2=O)C1. The van der Waals surface area contributed by atoms with Crippen LogP contribution in [-0.4, -0.2) is 46.3 Å². The van der Waals surface area contributed by atoms with Crippen molar-refractivity contribution in [3.05, 3.63) is 28.0 Å². The molecule has 0 aromatic carbocycles. The molecule has 0 unspecified atom stereocenters. The quantitative estimate of drug-likeness (QED) is 0.776. The molecule has 2 aromatic rings. The van der Waals surface area contributed by atoms with Gasteiger partial charge in [-0.3, -0.25) is 14.4 Å². The number of rotatable bonds is 4. The molecule has 1 atom stereocenters. The number of piperidine rings is 1. The molecule has 24 heavy (non-hydrogen) atoms. The van der Waals surface area contributed by atoms with Crippen LogP contribution in [0.1, 0.15) is 19.8 Å². The van der Waals surface area contributed by atoms with Crippen LogP contribution in [0, 0.1) is 5.92 Å². The van der Waals surface area contributed by atoms with Crippen LogP contribution in [0.15, 0.2) is 22.4 Å². The summed E-state index contributed by atoms with van der Waals surface area (Å²) >= 11 is 1.34. The lowest BCUT2D eigenvalue weighted by molar-refractivity contribution is -0.151. The van der Waals surface area contributed by atoms with E-state index in [0.717, 1.165) is 18.2 Å². The van der Waals surface area contributed by atoms with E-state index in [1.807, 2.05) is 11.4 Å². The van der Waals surface area contributed by atoms with Crippen molar-refractivity contribution in [1.29, 1.82) is 0 Å². The van der Waals surface area contributed by atoms with Crippen molar-refractivity contribution in [1.82, 2.24) is 14.7 Å². The van der Waals surface area contributed by atoms with Crippen molar-refractivity contribution in [2.75, 3.05) is 19.7 Å². The first-order valence-corrected chi connectivity index (χ1v) is 8.86. The molecule has 1 fully saturated rings. The molecule has 1 aliphatic rings.